The zero-order valence-electron chi connectivity index (χ0n) is 10.3. The van der Waals surface area contributed by atoms with Crippen molar-refractivity contribution in [2.45, 2.75) is 51.7 Å². The first kappa shape index (κ1) is 13.5. The van der Waals surface area contributed by atoms with Crippen LogP contribution in [0.15, 0.2) is 0 Å². The fourth-order valence-electron chi connectivity index (χ4n) is 1.89. The van der Waals surface area contributed by atoms with Gasteiger partial charge in [-0.15, -0.1) is 0 Å². The first-order chi connectivity index (χ1) is 7.65. The van der Waals surface area contributed by atoms with Crippen LogP contribution < -0.4 is 0 Å². The van der Waals surface area contributed by atoms with Gasteiger partial charge >= 0.3 is 0 Å². The minimum absolute atomic E-state index is 0.00912. The lowest BCUT2D eigenvalue weighted by Crippen LogP contribution is -2.46. The van der Waals surface area contributed by atoms with Crippen molar-refractivity contribution < 1.29 is 14.6 Å². The molecule has 0 aromatic heterocycles. The number of carbonyl (C=O) groups excluding carboxylic acids is 1. The molecule has 1 amide bonds. The standard InChI is InChI=1S/C12H23NO3/c1-3-4-8-16-10(2)12(15)13-7-5-6-11(14)9-13/h10-11,14H,3-9H2,1-2H3. The topological polar surface area (TPSA) is 49.8 Å². The molecule has 0 spiro atoms. The third kappa shape index (κ3) is 4.10. The summed E-state index contributed by atoms with van der Waals surface area (Å²) in [5.41, 5.74) is 0. The van der Waals surface area contributed by atoms with Crippen LogP contribution in [-0.4, -0.2) is 47.8 Å². The van der Waals surface area contributed by atoms with E-state index < -0.39 is 0 Å². The highest BCUT2D eigenvalue weighted by atomic mass is 16.5. The van der Waals surface area contributed by atoms with Crippen LogP contribution in [0.3, 0.4) is 0 Å². The lowest BCUT2D eigenvalue weighted by Gasteiger charge is -2.31. The molecule has 0 bridgehead atoms. The van der Waals surface area contributed by atoms with Crippen molar-refractivity contribution >= 4 is 5.91 Å². The van der Waals surface area contributed by atoms with Crippen molar-refractivity contribution in [1.29, 1.82) is 0 Å². The van der Waals surface area contributed by atoms with Crippen molar-refractivity contribution in [2.75, 3.05) is 19.7 Å². The second-order valence-corrected chi connectivity index (χ2v) is 4.45. The monoisotopic (exact) mass is 229 g/mol. The summed E-state index contributed by atoms with van der Waals surface area (Å²) in [7, 11) is 0. The lowest BCUT2D eigenvalue weighted by atomic mass is 10.1. The maximum Gasteiger partial charge on any atom is 0.251 e. The molecular formula is C12H23NO3. The predicted octanol–water partition coefficient (Wildman–Crippen LogP) is 1.17. The Morgan fingerprint density at radius 3 is 3.00 bits per heavy atom. The van der Waals surface area contributed by atoms with Crippen molar-refractivity contribution in [3.63, 3.8) is 0 Å². The SMILES string of the molecule is CCCCOC(C)C(=O)N1CCCC(O)C1. The van der Waals surface area contributed by atoms with E-state index in [-0.39, 0.29) is 18.1 Å². The van der Waals surface area contributed by atoms with Crippen LogP contribution in [0, 0.1) is 0 Å². The number of likely N-dealkylation sites (tertiary alicyclic amines) is 1. The number of nitrogens with zero attached hydrogens (tertiary/aromatic N) is 1. The normalized spacial score (nSPS) is 23.2. The van der Waals surface area contributed by atoms with E-state index >= 15 is 0 Å². The Labute approximate surface area is 97.6 Å². The van der Waals surface area contributed by atoms with Gasteiger partial charge in [0.1, 0.15) is 6.10 Å². The van der Waals surface area contributed by atoms with E-state index in [4.69, 9.17) is 4.74 Å². The number of β-amino-alcohol motifs (C(OH)–C–C–N with tert-alkyl or cyclic N) is 1. The molecule has 2 unspecified atom stereocenters. The van der Waals surface area contributed by atoms with Gasteiger partial charge in [-0.2, -0.15) is 0 Å². The number of piperidine rings is 1. The zero-order chi connectivity index (χ0) is 12.0. The number of hydrogen-bond acceptors (Lipinski definition) is 3. The van der Waals surface area contributed by atoms with Gasteiger partial charge in [-0.25, -0.2) is 0 Å². The largest absolute Gasteiger partial charge is 0.391 e. The number of unbranched alkanes of at least 4 members (excludes halogenated alkanes) is 1. The second kappa shape index (κ2) is 6.86. The van der Waals surface area contributed by atoms with Gasteiger partial charge in [0.05, 0.1) is 6.10 Å². The smallest absolute Gasteiger partial charge is 0.251 e. The molecule has 0 saturated carbocycles. The molecular weight excluding hydrogens is 206 g/mol. The number of aliphatic hydroxyl groups is 1. The van der Waals surface area contributed by atoms with E-state index in [1.807, 2.05) is 0 Å². The van der Waals surface area contributed by atoms with E-state index in [1.54, 1.807) is 11.8 Å². The van der Waals surface area contributed by atoms with Crippen LogP contribution in [0.5, 0.6) is 0 Å². The molecule has 1 fully saturated rings. The zero-order valence-corrected chi connectivity index (χ0v) is 10.3. The summed E-state index contributed by atoms with van der Waals surface area (Å²) in [6.45, 7) is 5.73. The molecule has 0 aromatic carbocycles. The van der Waals surface area contributed by atoms with Crippen LogP contribution >= 0.6 is 0 Å². The molecule has 94 valence electrons. The molecule has 1 aliphatic heterocycles. The Morgan fingerprint density at radius 2 is 2.38 bits per heavy atom. The van der Waals surface area contributed by atoms with E-state index in [9.17, 15) is 9.90 Å². The third-order valence-electron chi connectivity index (χ3n) is 2.92. The minimum Gasteiger partial charge on any atom is -0.391 e. The van der Waals surface area contributed by atoms with Gasteiger partial charge in [0.15, 0.2) is 0 Å². The quantitative estimate of drug-likeness (QED) is 0.720. The maximum atomic E-state index is 11.9. The minimum atomic E-state index is -0.378. The highest BCUT2D eigenvalue weighted by molar-refractivity contribution is 5.80. The van der Waals surface area contributed by atoms with Gasteiger partial charge in [0.2, 0.25) is 0 Å². The summed E-state index contributed by atoms with van der Waals surface area (Å²) in [6.07, 6.45) is 3.00. The van der Waals surface area contributed by atoms with Gasteiger partial charge in [0, 0.05) is 19.7 Å². The Bertz CT molecular complexity index is 220. The molecule has 0 aromatic rings. The number of hydrogen-bond donors (Lipinski definition) is 1. The molecule has 1 N–H and O–H groups in total. The van der Waals surface area contributed by atoms with Gasteiger partial charge in [-0.3, -0.25) is 4.79 Å². The predicted molar refractivity (Wildman–Crippen MR) is 62.1 cm³/mol. The number of rotatable bonds is 5. The fourth-order valence-corrected chi connectivity index (χ4v) is 1.89. The first-order valence-electron chi connectivity index (χ1n) is 6.23. The average Bonchev–Trinajstić information content (AvgIpc) is 2.28. The summed E-state index contributed by atoms with van der Waals surface area (Å²) >= 11 is 0. The van der Waals surface area contributed by atoms with Crippen LogP contribution in [-0.2, 0) is 9.53 Å². The third-order valence-corrected chi connectivity index (χ3v) is 2.92. The van der Waals surface area contributed by atoms with Crippen LogP contribution in [0.4, 0.5) is 0 Å². The molecule has 1 saturated heterocycles. The van der Waals surface area contributed by atoms with E-state index in [1.165, 1.54) is 0 Å². The summed E-state index contributed by atoms with van der Waals surface area (Å²) in [5, 5.41) is 9.49. The first-order valence-corrected chi connectivity index (χ1v) is 6.23. The van der Waals surface area contributed by atoms with Gasteiger partial charge in [-0.05, 0) is 26.2 Å². The number of ether oxygens (including phenoxy) is 1. The Kier molecular flexibility index (Phi) is 5.77. The van der Waals surface area contributed by atoms with Crippen molar-refractivity contribution in [2.24, 2.45) is 0 Å². The maximum absolute atomic E-state index is 11.9. The molecule has 0 aliphatic carbocycles. The molecule has 1 aliphatic rings. The van der Waals surface area contributed by atoms with Gasteiger partial charge in [0.25, 0.3) is 5.91 Å². The number of amides is 1. The van der Waals surface area contributed by atoms with Crippen LogP contribution in [0.25, 0.3) is 0 Å². The van der Waals surface area contributed by atoms with Crippen LogP contribution in [0.1, 0.15) is 39.5 Å². The molecule has 4 heteroatoms. The molecule has 16 heavy (non-hydrogen) atoms. The summed E-state index contributed by atoms with van der Waals surface area (Å²) in [5.74, 6) is 0.00912. The average molecular weight is 229 g/mol. The van der Waals surface area contributed by atoms with E-state index in [0.717, 1.165) is 32.2 Å². The highest BCUT2D eigenvalue weighted by Gasteiger charge is 2.25. The van der Waals surface area contributed by atoms with Gasteiger partial charge in [-0.1, -0.05) is 13.3 Å². The molecule has 4 nitrogen and oxygen atoms in total. The van der Waals surface area contributed by atoms with Crippen molar-refractivity contribution in [3.8, 4) is 0 Å². The van der Waals surface area contributed by atoms with E-state index in [0.29, 0.717) is 13.2 Å². The number of carbonyl (C=O) groups is 1. The van der Waals surface area contributed by atoms with Crippen LogP contribution in [0.2, 0.25) is 0 Å². The Morgan fingerprint density at radius 1 is 1.62 bits per heavy atom. The lowest BCUT2D eigenvalue weighted by molar-refractivity contribution is -0.145. The van der Waals surface area contributed by atoms with Crippen molar-refractivity contribution in [1.82, 2.24) is 4.90 Å². The summed E-state index contributed by atoms with van der Waals surface area (Å²) in [4.78, 5) is 13.6. The second-order valence-electron chi connectivity index (χ2n) is 4.45. The number of aliphatic hydroxyl groups excluding tert-OH is 1. The van der Waals surface area contributed by atoms with E-state index in [2.05, 4.69) is 6.92 Å². The summed E-state index contributed by atoms with van der Waals surface area (Å²) in [6, 6.07) is 0. The highest BCUT2D eigenvalue weighted by Crippen LogP contribution is 2.12. The molecule has 2 atom stereocenters. The fraction of sp³-hybridized carbons (Fsp3) is 0.917. The van der Waals surface area contributed by atoms with Gasteiger partial charge < -0.3 is 14.7 Å². The summed E-state index contributed by atoms with van der Waals surface area (Å²) < 4.78 is 5.46. The molecule has 0 radical (unpaired) electrons. The Balaban J connectivity index is 2.31. The molecule has 1 rings (SSSR count). The Hall–Kier alpha value is -0.610. The van der Waals surface area contributed by atoms with Crippen molar-refractivity contribution in [3.05, 3.63) is 0 Å². The molecule has 1 heterocycles.